The van der Waals surface area contributed by atoms with Crippen LogP contribution in [0.25, 0.3) is 0 Å². The third-order valence-electron chi connectivity index (χ3n) is 3.15. The Morgan fingerprint density at radius 1 is 1.43 bits per heavy atom. The number of unbranched alkanes of at least 4 members (excludes halogenated alkanes) is 1. The highest BCUT2D eigenvalue weighted by molar-refractivity contribution is 7.89. The minimum absolute atomic E-state index is 0. The van der Waals surface area contributed by atoms with E-state index in [-0.39, 0.29) is 35.5 Å². The number of aryl methyl sites for hydroxylation is 1. The first-order valence-corrected chi connectivity index (χ1v) is 8.16. The standard InChI is InChI=1S/C14H21N3O2S.ClH/c1-3-4-7-12(9-15)17-20(18,19)14-8-5-6-11(2)13(14)10-16;/h5-6,8,12,17H,3-4,7,9,15H2,1-2H3;1H. The lowest BCUT2D eigenvalue weighted by Crippen LogP contribution is -2.40. The molecule has 0 amide bonds. The van der Waals surface area contributed by atoms with Gasteiger partial charge in [-0.25, -0.2) is 13.1 Å². The monoisotopic (exact) mass is 331 g/mol. The van der Waals surface area contributed by atoms with Crippen molar-refractivity contribution in [2.45, 2.75) is 44.0 Å². The zero-order chi connectivity index (χ0) is 15.2. The third-order valence-corrected chi connectivity index (χ3v) is 4.71. The molecule has 0 aliphatic carbocycles. The minimum atomic E-state index is -3.72. The van der Waals surface area contributed by atoms with Crippen LogP contribution in [0.4, 0.5) is 0 Å². The van der Waals surface area contributed by atoms with Crippen LogP contribution in [0.1, 0.15) is 37.3 Å². The number of hydrogen-bond donors (Lipinski definition) is 2. The molecule has 0 fully saturated rings. The third kappa shape index (κ3) is 5.29. The second-order valence-electron chi connectivity index (χ2n) is 4.76. The summed E-state index contributed by atoms with van der Waals surface area (Å²) < 4.78 is 27.3. The number of nitrogens with one attached hydrogen (secondary N) is 1. The number of nitriles is 1. The Labute approximate surface area is 133 Å². The van der Waals surface area contributed by atoms with Gasteiger partial charge in [0, 0.05) is 12.6 Å². The summed E-state index contributed by atoms with van der Waals surface area (Å²) in [7, 11) is -3.72. The van der Waals surface area contributed by atoms with Crippen LogP contribution in [0.15, 0.2) is 23.1 Å². The summed E-state index contributed by atoms with van der Waals surface area (Å²) in [6.07, 6.45) is 2.58. The van der Waals surface area contributed by atoms with Gasteiger partial charge in [-0.2, -0.15) is 5.26 Å². The summed E-state index contributed by atoms with van der Waals surface area (Å²) in [5.74, 6) is 0. The van der Waals surface area contributed by atoms with Gasteiger partial charge >= 0.3 is 0 Å². The van der Waals surface area contributed by atoms with Gasteiger partial charge in [0.05, 0.1) is 5.56 Å². The van der Waals surface area contributed by atoms with Gasteiger partial charge < -0.3 is 5.73 Å². The van der Waals surface area contributed by atoms with E-state index in [0.717, 1.165) is 12.8 Å². The zero-order valence-corrected chi connectivity index (χ0v) is 13.9. The number of rotatable bonds is 7. The molecule has 0 aliphatic heterocycles. The fourth-order valence-corrected chi connectivity index (χ4v) is 3.48. The highest BCUT2D eigenvalue weighted by atomic mass is 35.5. The lowest BCUT2D eigenvalue weighted by atomic mass is 10.1. The average molecular weight is 332 g/mol. The van der Waals surface area contributed by atoms with Crippen molar-refractivity contribution in [1.82, 2.24) is 4.72 Å². The van der Waals surface area contributed by atoms with Crippen molar-refractivity contribution in [3.05, 3.63) is 29.3 Å². The molecule has 118 valence electrons. The molecule has 0 saturated heterocycles. The molecule has 1 atom stereocenters. The molecule has 0 aliphatic rings. The molecule has 0 radical (unpaired) electrons. The van der Waals surface area contributed by atoms with Crippen LogP contribution < -0.4 is 10.5 Å². The summed E-state index contributed by atoms with van der Waals surface area (Å²) in [6.45, 7) is 4.00. The first-order valence-electron chi connectivity index (χ1n) is 6.68. The van der Waals surface area contributed by atoms with Gasteiger partial charge in [-0.15, -0.1) is 12.4 Å². The van der Waals surface area contributed by atoms with Gasteiger partial charge in [0.15, 0.2) is 0 Å². The second-order valence-corrected chi connectivity index (χ2v) is 6.44. The number of nitrogens with zero attached hydrogens (tertiary/aromatic N) is 1. The van der Waals surface area contributed by atoms with Gasteiger partial charge in [0.1, 0.15) is 11.0 Å². The van der Waals surface area contributed by atoms with Gasteiger partial charge in [-0.05, 0) is 25.0 Å². The van der Waals surface area contributed by atoms with Crippen LogP contribution >= 0.6 is 12.4 Å². The first-order chi connectivity index (χ1) is 9.46. The van der Waals surface area contributed by atoms with Crippen LogP contribution in [0.3, 0.4) is 0 Å². The van der Waals surface area contributed by atoms with Crippen molar-refractivity contribution >= 4 is 22.4 Å². The summed E-state index contributed by atoms with van der Waals surface area (Å²) in [6, 6.07) is 6.45. The van der Waals surface area contributed by atoms with E-state index in [2.05, 4.69) is 4.72 Å². The molecule has 7 heteroatoms. The molecule has 0 aromatic heterocycles. The number of hydrogen-bond acceptors (Lipinski definition) is 4. The van der Waals surface area contributed by atoms with Gasteiger partial charge in [-0.3, -0.25) is 0 Å². The normalized spacial score (nSPS) is 12.3. The topological polar surface area (TPSA) is 96.0 Å². The van der Waals surface area contributed by atoms with Crippen LogP contribution in [0, 0.1) is 18.3 Å². The van der Waals surface area contributed by atoms with Crippen molar-refractivity contribution in [3.63, 3.8) is 0 Å². The molecule has 1 aromatic carbocycles. The fourth-order valence-electron chi connectivity index (χ4n) is 1.97. The van der Waals surface area contributed by atoms with Crippen LogP contribution in [-0.2, 0) is 10.0 Å². The smallest absolute Gasteiger partial charge is 0.242 e. The molecule has 0 heterocycles. The first kappa shape index (κ1) is 19.9. The zero-order valence-electron chi connectivity index (χ0n) is 12.3. The Morgan fingerprint density at radius 3 is 2.62 bits per heavy atom. The SMILES string of the molecule is CCCCC(CN)NS(=O)(=O)c1cccc(C)c1C#N.Cl. The Hall–Kier alpha value is -1.13. The van der Waals surface area contributed by atoms with Crippen molar-refractivity contribution < 1.29 is 8.42 Å². The summed E-state index contributed by atoms with van der Waals surface area (Å²) in [5, 5.41) is 9.13. The van der Waals surface area contributed by atoms with Crippen molar-refractivity contribution in [3.8, 4) is 6.07 Å². The molecule has 5 nitrogen and oxygen atoms in total. The van der Waals surface area contributed by atoms with E-state index in [4.69, 9.17) is 11.0 Å². The van der Waals surface area contributed by atoms with E-state index in [9.17, 15) is 8.42 Å². The summed E-state index contributed by atoms with van der Waals surface area (Å²) in [5.41, 5.74) is 6.44. The van der Waals surface area contributed by atoms with E-state index >= 15 is 0 Å². The van der Waals surface area contributed by atoms with E-state index in [0.29, 0.717) is 12.0 Å². The molecular weight excluding hydrogens is 310 g/mol. The Kier molecular flexibility index (Phi) is 8.52. The molecule has 0 spiro atoms. The van der Waals surface area contributed by atoms with Crippen molar-refractivity contribution in [2.24, 2.45) is 5.73 Å². The summed E-state index contributed by atoms with van der Waals surface area (Å²) >= 11 is 0. The summed E-state index contributed by atoms with van der Waals surface area (Å²) in [4.78, 5) is 0.0231. The molecule has 1 unspecified atom stereocenters. The molecule has 21 heavy (non-hydrogen) atoms. The van der Waals surface area contributed by atoms with Gasteiger partial charge in [0.2, 0.25) is 10.0 Å². The minimum Gasteiger partial charge on any atom is -0.329 e. The lowest BCUT2D eigenvalue weighted by Gasteiger charge is -2.17. The maximum Gasteiger partial charge on any atom is 0.242 e. The number of sulfonamides is 1. The van der Waals surface area contributed by atoms with Crippen LogP contribution in [0.2, 0.25) is 0 Å². The maximum absolute atomic E-state index is 12.4. The molecule has 3 N–H and O–H groups in total. The van der Waals surface area contributed by atoms with Crippen molar-refractivity contribution in [1.29, 1.82) is 5.26 Å². The fraction of sp³-hybridized carbons (Fsp3) is 0.500. The molecule has 0 bridgehead atoms. The van der Waals surface area contributed by atoms with E-state index in [1.54, 1.807) is 19.1 Å². The molecule has 0 saturated carbocycles. The lowest BCUT2D eigenvalue weighted by molar-refractivity contribution is 0.516. The predicted octanol–water partition coefficient (Wildman–Crippen LogP) is 2.08. The van der Waals surface area contributed by atoms with Gasteiger partial charge in [0.25, 0.3) is 0 Å². The quantitative estimate of drug-likeness (QED) is 0.799. The highest BCUT2D eigenvalue weighted by Crippen LogP contribution is 2.19. The molecule has 1 aromatic rings. The second kappa shape index (κ2) is 9.00. The van der Waals surface area contributed by atoms with E-state index in [1.165, 1.54) is 6.07 Å². The number of halogens is 1. The number of nitrogens with two attached hydrogens (primary N) is 1. The predicted molar refractivity (Wildman–Crippen MR) is 85.8 cm³/mol. The highest BCUT2D eigenvalue weighted by Gasteiger charge is 2.22. The van der Waals surface area contributed by atoms with Crippen molar-refractivity contribution in [2.75, 3.05) is 6.54 Å². The van der Waals surface area contributed by atoms with Gasteiger partial charge in [-0.1, -0.05) is 31.9 Å². The van der Waals surface area contributed by atoms with Crippen LogP contribution in [0.5, 0.6) is 0 Å². The number of benzene rings is 1. The van der Waals surface area contributed by atoms with E-state index < -0.39 is 10.0 Å². The Morgan fingerprint density at radius 2 is 2.10 bits per heavy atom. The van der Waals surface area contributed by atoms with E-state index in [1.807, 2.05) is 13.0 Å². The largest absolute Gasteiger partial charge is 0.329 e. The Bertz CT molecular complexity index is 597. The molecule has 1 rings (SSSR count). The molecular formula is C14H22ClN3O2S. The van der Waals surface area contributed by atoms with Crippen LogP contribution in [-0.4, -0.2) is 21.0 Å². The maximum atomic E-state index is 12.4. The Balaban J connectivity index is 0.00000400. The average Bonchev–Trinajstić information content (AvgIpc) is 2.43.